The van der Waals surface area contributed by atoms with Gasteiger partial charge in [-0.3, -0.25) is 9.88 Å². The van der Waals surface area contributed by atoms with E-state index >= 15 is 0 Å². The van der Waals surface area contributed by atoms with Crippen LogP contribution in [0.4, 0.5) is 15.9 Å². The average Bonchev–Trinajstić information content (AvgIpc) is 2.92. The minimum atomic E-state index is -0.448. The van der Waals surface area contributed by atoms with E-state index in [1.807, 2.05) is 36.4 Å². The predicted molar refractivity (Wildman–Crippen MR) is 135 cm³/mol. The molecule has 4 aromatic rings. The van der Waals surface area contributed by atoms with Crippen LogP contribution in [0.25, 0.3) is 10.9 Å². The van der Waals surface area contributed by atoms with Crippen LogP contribution in [0.2, 0.25) is 0 Å². The number of anilines is 2. The number of rotatable bonds is 10. The summed E-state index contributed by atoms with van der Waals surface area (Å²) in [4.78, 5) is 15.3. The standard InChI is InChI=1S/C27H28FN5O3/c28-24-17-22(36-18-20-4-1-2-9-29-20)6-8-26(24)32-27-23-16-21(5-7-25(23)30-19-31-27)35-13-3-10-33-11-14-34-15-12-33/h1-2,4-9,16-17,19H,3,10-15,18H2,(H,30,31,32). The molecule has 0 amide bonds. The number of nitrogens with zero attached hydrogens (tertiary/aromatic N) is 4. The Balaban J connectivity index is 1.22. The lowest BCUT2D eigenvalue weighted by Gasteiger charge is -2.26. The first-order valence-electron chi connectivity index (χ1n) is 12.0. The third-order valence-electron chi connectivity index (χ3n) is 5.90. The monoisotopic (exact) mass is 489 g/mol. The van der Waals surface area contributed by atoms with Crippen molar-refractivity contribution in [2.75, 3.05) is 44.8 Å². The molecule has 2 aromatic heterocycles. The van der Waals surface area contributed by atoms with E-state index in [0.717, 1.165) is 61.6 Å². The maximum atomic E-state index is 14.9. The zero-order valence-electron chi connectivity index (χ0n) is 19.9. The maximum absolute atomic E-state index is 14.9. The summed E-state index contributed by atoms with van der Waals surface area (Å²) < 4.78 is 31.9. The fourth-order valence-electron chi connectivity index (χ4n) is 3.98. The third kappa shape index (κ3) is 6.24. The predicted octanol–water partition coefficient (Wildman–Crippen LogP) is 4.59. The van der Waals surface area contributed by atoms with E-state index in [1.54, 1.807) is 18.3 Å². The summed E-state index contributed by atoms with van der Waals surface area (Å²) in [7, 11) is 0. The molecule has 186 valence electrons. The van der Waals surface area contributed by atoms with Gasteiger partial charge in [0, 0.05) is 37.3 Å². The second kappa shape index (κ2) is 11.7. The van der Waals surface area contributed by atoms with Crippen LogP contribution in [0, 0.1) is 5.82 Å². The van der Waals surface area contributed by atoms with E-state index in [2.05, 4.69) is 25.2 Å². The number of benzene rings is 2. The number of ether oxygens (including phenoxy) is 3. The van der Waals surface area contributed by atoms with Crippen molar-refractivity contribution in [2.24, 2.45) is 0 Å². The lowest BCUT2D eigenvalue weighted by atomic mass is 10.2. The maximum Gasteiger partial charge on any atom is 0.150 e. The van der Waals surface area contributed by atoms with Crippen LogP contribution in [0.1, 0.15) is 12.1 Å². The van der Waals surface area contributed by atoms with E-state index in [9.17, 15) is 4.39 Å². The smallest absolute Gasteiger partial charge is 0.150 e. The number of aromatic nitrogens is 3. The van der Waals surface area contributed by atoms with E-state index in [0.29, 0.717) is 18.2 Å². The van der Waals surface area contributed by atoms with Gasteiger partial charge in [-0.1, -0.05) is 6.07 Å². The highest BCUT2D eigenvalue weighted by Crippen LogP contribution is 2.29. The molecule has 0 saturated carbocycles. The number of hydrogen-bond acceptors (Lipinski definition) is 8. The van der Waals surface area contributed by atoms with Crippen LogP contribution < -0.4 is 14.8 Å². The normalized spacial score (nSPS) is 14.0. The Labute approximate surface area is 209 Å². The van der Waals surface area contributed by atoms with Crippen LogP contribution in [0.3, 0.4) is 0 Å². The highest BCUT2D eigenvalue weighted by Gasteiger charge is 2.12. The van der Waals surface area contributed by atoms with Crippen molar-refractivity contribution in [3.8, 4) is 11.5 Å². The third-order valence-corrected chi connectivity index (χ3v) is 5.90. The van der Waals surface area contributed by atoms with Crippen LogP contribution in [0.5, 0.6) is 11.5 Å². The molecule has 0 spiro atoms. The molecule has 0 radical (unpaired) electrons. The van der Waals surface area contributed by atoms with Gasteiger partial charge in [-0.05, 0) is 48.9 Å². The van der Waals surface area contributed by atoms with Crippen molar-refractivity contribution in [1.82, 2.24) is 19.9 Å². The molecule has 1 aliphatic heterocycles. The Morgan fingerprint density at radius 3 is 2.64 bits per heavy atom. The number of pyridine rings is 1. The van der Waals surface area contributed by atoms with Gasteiger partial charge in [-0.25, -0.2) is 14.4 Å². The van der Waals surface area contributed by atoms with Crippen LogP contribution in [-0.2, 0) is 11.3 Å². The first-order valence-corrected chi connectivity index (χ1v) is 12.0. The van der Waals surface area contributed by atoms with Crippen molar-refractivity contribution in [1.29, 1.82) is 0 Å². The van der Waals surface area contributed by atoms with Crippen molar-refractivity contribution in [3.63, 3.8) is 0 Å². The molecule has 36 heavy (non-hydrogen) atoms. The first-order chi connectivity index (χ1) is 17.7. The van der Waals surface area contributed by atoms with E-state index in [4.69, 9.17) is 14.2 Å². The Morgan fingerprint density at radius 1 is 0.944 bits per heavy atom. The molecule has 3 heterocycles. The van der Waals surface area contributed by atoms with Gasteiger partial charge in [0.25, 0.3) is 0 Å². The van der Waals surface area contributed by atoms with Gasteiger partial charge in [-0.15, -0.1) is 0 Å². The summed E-state index contributed by atoms with van der Waals surface area (Å²) in [6, 6.07) is 15.9. The second-order valence-electron chi connectivity index (χ2n) is 8.43. The number of morpholine rings is 1. The highest BCUT2D eigenvalue weighted by atomic mass is 19.1. The fourth-order valence-corrected chi connectivity index (χ4v) is 3.98. The van der Waals surface area contributed by atoms with Crippen molar-refractivity contribution in [3.05, 3.63) is 78.6 Å². The first kappa shape index (κ1) is 23.9. The number of nitrogens with one attached hydrogen (secondary N) is 1. The van der Waals surface area contributed by atoms with E-state index in [-0.39, 0.29) is 12.3 Å². The Kier molecular flexibility index (Phi) is 7.80. The highest BCUT2D eigenvalue weighted by molar-refractivity contribution is 5.91. The minimum Gasteiger partial charge on any atom is -0.494 e. The minimum absolute atomic E-state index is 0.263. The molecule has 1 N–H and O–H groups in total. The van der Waals surface area contributed by atoms with E-state index < -0.39 is 5.82 Å². The molecular formula is C27H28FN5O3. The zero-order valence-corrected chi connectivity index (χ0v) is 19.9. The molecule has 5 rings (SSSR count). The number of halogens is 1. The van der Waals surface area contributed by atoms with Gasteiger partial charge < -0.3 is 19.5 Å². The fraction of sp³-hybridized carbons (Fsp3) is 0.296. The molecule has 2 aromatic carbocycles. The molecule has 1 fully saturated rings. The molecular weight excluding hydrogens is 461 g/mol. The zero-order chi connectivity index (χ0) is 24.6. The summed E-state index contributed by atoms with van der Waals surface area (Å²) in [6.07, 6.45) is 4.07. The summed E-state index contributed by atoms with van der Waals surface area (Å²) in [5, 5.41) is 3.83. The molecule has 0 unspecified atom stereocenters. The van der Waals surface area contributed by atoms with Crippen molar-refractivity contribution < 1.29 is 18.6 Å². The number of fused-ring (bicyclic) bond motifs is 1. The lowest BCUT2D eigenvalue weighted by molar-refractivity contribution is 0.0358. The molecule has 0 atom stereocenters. The number of hydrogen-bond donors (Lipinski definition) is 1. The SMILES string of the molecule is Fc1cc(OCc2ccccn2)ccc1Nc1ncnc2ccc(OCCCN3CCOCC3)cc12. The van der Waals surface area contributed by atoms with Gasteiger partial charge in [0.1, 0.15) is 36.1 Å². The van der Waals surface area contributed by atoms with Gasteiger partial charge in [0.15, 0.2) is 0 Å². The van der Waals surface area contributed by atoms with Crippen molar-refractivity contribution in [2.45, 2.75) is 13.0 Å². The second-order valence-corrected chi connectivity index (χ2v) is 8.43. The van der Waals surface area contributed by atoms with Crippen LogP contribution in [-0.4, -0.2) is 59.3 Å². The summed E-state index contributed by atoms with van der Waals surface area (Å²) in [5.41, 5.74) is 1.80. The Morgan fingerprint density at radius 2 is 1.81 bits per heavy atom. The topological polar surface area (TPSA) is 81.6 Å². The largest absolute Gasteiger partial charge is 0.494 e. The average molecular weight is 490 g/mol. The molecule has 1 aliphatic rings. The summed E-state index contributed by atoms with van der Waals surface area (Å²) >= 11 is 0. The molecule has 0 aliphatic carbocycles. The van der Waals surface area contributed by atoms with Gasteiger partial charge in [-0.2, -0.15) is 0 Å². The summed E-state index contributed by atoms with van der Waals surface area (Å²) in [5.74, 6) is 1.20. The quantitative estimate of drug-likeness (QED) is 0.324. The molecule has 0 bridgehead atoms. The molecule has 8 nitrogen and oxygen atoms in total. The van der Waals surface area contributed by atoms with Crippen LogP contribution in [0.15, 0.2) is 67.1 Å². The van der Waals surface area contributed by atoms with Crippen LogP contribution >= 0.6 is 0 Å². The lowest BCUT2D eigenvalue weighted by Crippen LogP contribution is -2.37. The van der Waals surface area contributed by atoms with Gasteiger partial charge >= 0.3 is 0 Å². The van der Waals surface area contributed by atoms with Crippen molar-refractivity contribution >= 4 is 22.4 Å². The molecule has 1 saturated heterocycles. The van der Waals surface area contributed by atoms with Gasteiger partial charge in [0.05, 0.1) is 36.7 Å². The van der Waals surface area contributed by atoms with Gasteiger partial charge in [0.2, 0.25) is 0 Å². The Hall–Kier alpha value is -3.82. The van der Waals surface area contributed by atoms with E-state index in [1.165, 1.54) is 12.4 Å². The Bertz CT molecular complexity index is 1290. The molecule has 9 heteroatoms. The summed E-state index contributed by atoms with van der Waals surface area (Å²) in [6.45, 7) is 5.37.